The topological polar surface area (TPSA) is 24.9 Å². The van der Waals surface area contributed by atoms with Gasteiger partial charge in [-0.15, -0.1) is 0 Å². The molecule has 112 valence electrons. The highest BCUT2D eigenvalue weighted by molar-refractivity contribution is 5.82. The van der Waals surface area contributed by atoms with Crippen LogP contribution < -0.4 is 5.32 Å². The third-order valence-electron chi connectivity index (χ3n) is 4.95. The van der Waals surface area contributed by atoms with Crippen molar-refractivity contribution in [3.63, 3.8) is 0 Å². The fourth-order valence-electron chi connectivity index (χ4n) is 3.75. The Kier molecular flexibility index (Phi) is 4.54. The molecule has 2 nitrogen and oxygen atoms in total. The van der Waals surface area contributed by atoms with Crippen LogP contribution in [0.3, 0.4) is 0 Å². The van der Waals surface area contributed by atoms with Gasteiger partial charge in [-0.2, -0.15) is 0 Å². The second-order valence-electron chi connectivity index (χ2n) is 6.48. The number of para-hydroxylation sites is 1. The number of aromatic nitrogens is 1. The first kappa shape index (κ1) is 14.5. The Labute approximate surface area is 128 Å². The normalized spacial score (nSPS) is 24.1. The molecule has 21 heavy (non-hydrogen) atoms. The van der Waals surface area contributed by atoms with Gasteiger partial charge in [0.25, 0.3) is 0 Å². The fraction of sp³-hybridized carbons (Fsp3) is 0.526. The van der Waals surface area contributed by atoms with Gasteiger partial charge >= 0.3 is 0 Å². The van der Waals surface area contributed by atoms with E-state index in [1.807, 2.05) is 12.3 Å². The lowest BCUT2D eigenvalue weighted by molar-refractivity contribution is 0.234. The van der Waals surface area contributed by atoms with Gasteiger partial charge in [-0.1, -0.05) is 51.0 Å². The van der Waals surface area contributed by atoms with E-state index >= 15 is 0 Å². The number of benzene rings is 1. The maximum Gasteiger partial charge on any atom is 0.0749 e. The summed E-state index contributed by atoms with van der Waals surface area (Å²) in [5, 5.41) is 4.99. The summed E-state index contributed by atoms with van der Waals surface area (Å²) in [6.07, 6.45) is 7.32. The molecule has 0 bridgehead atoms. The molecule has 0 radical (unpaired) electrons. The van der Waals surface area contributed by atoms with E-state index in [0.717, 1.165) is 18.4 Å². The quantitative estimate of drug-likeness (QED) is 0.878. The lowest BCUT2D eigenvalue weighted by atomic mass is 9.77. The van der Waals surface area contributed by atoms with Crippen LogP contribution in [0, 0.1) is 11.8 Å². The summed E-state index contributed by atoms with van der Waals surface area (Å²) in [5.74, 6) is 1.64. The molecular weight excluding hydrogens is 256 g/mol. The molecule has 3 rings (SSSR count). The molecular formula is C19H26N2. The zero-order valence-corrected chi connectivity index (χ0v) is 13.2. The van der Waals surface area contributed by atoms with Crippen LogP contribution in [-0.4, -0.2) is 11.5 Å². The van der Waals surface area contributed by atoms with E-state index < -0.39 is 0 Å². The molecule has 0 aliphatic heterocycles. The molecule has 1 N–H and O–H groups in total. The van der Waals surface area contributed by atoms with Crippen molar-refractivity contribution in [2.24, 2.45) is 11.8 Å². The van der Waals surface area contributed by atoms with Crippen molar-refractivity contribution in [2.75, 3.05) is 6.54 Å². The molecule has 0 amide bonds. The smallest absolute Gasteiger partial charge is 0.0749 e. The van der Waals surface area contributed by atoms with Crippen molar-refractivity contribution in [1.82, 2.24) is 10.3 Å². The Balaban J connectivity index is 1.95. The molecule has 1 atom stereocenters. The van der Waals surface area contributed by atoms with Crippen LogP contribution in [0.5, 0.6) is 0 Å². The summed E-state index contributed by atoms with van der Waals surface area (Å²) in [6, 6.07) is 11.2. The fourth-order valence-corrected chi connectivity index (χ4v) is 3.75. The van der Waals surface area contributed by atoms with Crippen LogP contribution >= 0.6 is 0 Å². The second-order valence-corrected chi connectivity index (χ2v) is 6.48. The minimum Gasteiger partial charge on any atom is -0.310 e. The molecule has 2 heteroatoms. The highest BCUT2D eigenvalue weighted by atomic mass is 14.9. The molecule has 0 saturated heterocycles. The Bertz CT molecular complexity index is 580. The zero-order chi connectivity index (χ0) is 14.7. The number of hydrogen-bond donors (Lipinski definition) is 1. The third-order valence-corrected chi connectivity index (χ3v) is 4.95. The number of pyridine rings is 1. The summed E-state index contributed by atoms with van der Waals surface area (Å²) in [5.41, 5.74) is 2.55. The average Bonchev–Trinajstić information content (AvgIpc) is 2.53. The van der Waals surface area contributed by atoms with E-state index in [1.165, 1.54) is 42.1 Å². The first-order valence-electron chi connectivity index (χ1n) is 8.36. The third kappa shape index (κ3) is 3.11. The summed E-state index contributed by atoms with van der Waals surface area (Å²) in [7, 11) is 0. The Morgan fingerprint density at radius 3 is 2.67 bits per heavy atom. The number of rotatable bonds is 4. The maximum absolute atomic E-state index is 4.65. The first-order chi connectivity index (χ1) is 10.3. The summed E-state index contributed by atoms with van der Waals surface area (Å²) in [6.45, 7) is 5.61. The Hall–Kier alpha value is -1.41. The highest BCUT2D eigenvalue weighted by Gasteiger charge is 2.27. The van der Waals surface area contributed by atoms with Crippen LogP contribution in [0.25, 0.3) is 10.9 Å². The zero-order valence-electron chi connectivity index (χ0n) is 13.2. The van der Waals surface area contributed by atoms with Crippen molar-refractivity contribution in [3.8, 4) is 0 Å². The van der Waals surface area contributed by atoms with Crippen LogP contribution in [0.1, 0.15) is 51.1 Å². The minimum atomic E-state index is 0.445. The predicted molar refractivity (Wildman–Crippen MR) is 89.3 cm³/mol. The van der Waals surface area contributed by atoms with Gasteiger partial charge in [-0.05, 0) is 42.9 Å². The molecule has 1 aliphatic carbocycles. The average molecular weight is 282 g/mol. The van der Waals surface area contributed by atoms with Crippen LogP contribution in [0.2, 0.25) is 0 Å². The number of hydrogen-bond acceptors (Lipinski definition) is 2. The van der Waals surface area contributed by atoms with Crippen molar-refractivity contribution in [2.45, 2.75) is 45.6 Å². The molecule has 1 fully saturated rings. The van der Waals surface area contributed by atoms with Gasteiger partial charge in [-0.25, -0.2) is 0 Å². The van der Waals surface area contributed by atoms with Gasteiger partial charge in [0.1, 0.15) is 0 Å². The van der Waals surface area contributed by atoms with E-state index in [4.69, 9.17) is 0 Å². The standard InChI is InChI=1S/C19H26N2/c1-3-20-18(16-11-9-14(2)10-12-16)17-8-4-6-15-7-5-13-21-19(15)17/h4-8,13-14,16,18,20H,3,9-12H2,1-2H3. The van der Waals surface area contributed by atoms with Gasteiger partial charge in [-0.3, -0.25) is 4.98 Å². The molecule has 1 aromatic heterocycles. The summed E-state index contributed by atoms with van der Waals surface area (Å²) in [4.78, 5) is 4.65. The minimum absolute atomic E-state index is 0.445. The second kappa shape index (κ2) is 6.57. The predicted octanol–water partition coefficient (Wildman–Crippen LogP) is 4.71. The summed E-state index contributed by atoms with van der Waals surface area (Å²) >= 11 is 0. The van der Waals surface area contributed by atoms with Crippen molar-refractivity contribution in [1.29, 1.82) is 0 Å². The monoisotopic (exact) mass is 282 g/mol. The molecule has 1 saturated carbocycles. The van der Waals surface area contributed by atoms with Crippen molar-refractivity contribution < 1.29 is 0 Å². The molecule has 1 unspecified atom stereocenters. The van der Waals surface area contributed by atoms with E-state index in [2.05, 4.69) is 48.4 Å². The number of fused-ring (bicyclic) bond motifs is 1. The molecule has 1 aromatic carbocycles. The Morgan fingerprint density at radius 2 is 1.90 bits per heavy atom. The van der Waals surface area contributed by atoms with Crippen LogP contribution in [-0.2, 0) is 0 Å². The highest BCUT2D eigenvalue weighted by Crippen LogP contribution is 2.38. The molecule has 1 aliphatic rings. The molecule has 0 spiro atoms. The van der Waals surface area contributed by atoms with E-state index in [9.17, 15) is 0 Å². The lowest BCUT2D eigenvalue weighted by Crippen LogP contribution is -2.31. The Morgan fingerprint density at radius 1 is 1.14 bits per heavy atom. The number of nitrogens with zero attached hydrogens (tertiary/aromatic N) is 1. The van der Waals surface area contributed by atoms with E-state index in [-0.39, 0.29) is 0 Å². The largest absolute Gasteiger partial charge is 0.310 e. The van der Waals surface area contributed by atoms with Gasteiger partial charge < -0.3 is 5.32 Å². The van der Waals surface area contributed by atoms with E-state index in [0.29, 0.717) is 6.04 Å². The number of nitrogens with one attached hydrogen (secondary N) is 1. The van der Waals surface area contributed by atoms with Crippen molar-refractivity contribution in [3.05, 3.63) is 42.1 Å². The molecule has 1 heterocycles. The lowest BCUT2D eigenvalue weighted by Gasteiger charge is -2.34. The van der Waals surface area contributed by atoms with Crippen molar-refractivity contribution >= 4 is 10.9 Å². The van der Waals surface area contributed by atoms with Gasteiger partial charge in [0.15, 0.2) is 0 Å². The SMILES string of the molecule is CCNC(c1cccc2cccnc12)C1CCC(C)CC1. The van der Waals surface area contributed by atoms with Gasteiger partial charge in [0.05, 0.1) is 5.52 Å². The molecule has 2 aromatic rings. The summed E-state index contributed by atoms with van der Waals surface area (Å²) < 4.78 is 0. The first-order valence-corrected chi connectivity index (χ1v) is 8.36. The van der Waals surface area contributed by atoms with Crippen LogP contribution in [0.4, 0.5) is 0 Å². The van der Waals surface area contributed by atoms with Gasteiger partial charge in [0.2, 0.25) is 0 Å². The van der Waals surface area contributed by atoms with Crippen LogP contribution in [0.15, 0.2) is 36.5 Å². The van der Waals surface area contributed by atoms with E-state index in [1.54, 1.807) is 0 Å². The van der Waals surface area contributed by atoms with Gasteiger partial charge in [0, 0.05) is 17.6 Å². The maximum atomic E-state index is 4.65.